The molecule has 0 aromatic heterocycles. The van der Waals surface area contributed by atoms with Crippen molar-refractivity contribution in [3.05, 3.63) is 66.2 Å². The predicted octanol–water partition coefficient (Wildman–Crippen LogP) is 6.80. The first kappa shape index (κ1) is 21.5. The Balaban J connectivity index is 2.27. The van der Waals surface area contributed by atoms with Crippen molar-refractivity contribution in [1.82, 2.24) is 0 Å². The maximum absolute atomic E-state index is 5.92. The molecule has 142 valence electrons. The van der Waals surface area contributed by atoms with Crippen LogP contribution in [0.1, 0.15) is 31.2 Å². The molecule has 0 aliphatic heterocycles. The van der Waals surface area contributed by atoms with E-state index in [1.165, 1.54) is 30.9 Å². The van der Waals surface area contributed by atoms with E-state index in [1.54, 1.807) is 5.19 Å². The lowest BCUT2D eigenvalue weighted by molar-refractivity contribution is 0.677. The van der Waals surface area contributed by atoms with E-state index in [9.17, 15) is 0 Å². The summed E-state index contributed by atoms with van der Waals surface area (Å²) in [6, 6.07) is 23.8. The largest absolute Gasteiger partial charge is 0.127 e. The molecule has 0 amide bonds. The Bertz CT molecular complexity index is 638. The van der Waals surface area contributed by atoms with Gasteiger partial charge >= 0.3 is 0 Å². The van der Waals surface area contributed by atoms with Gasteiger partial charge in [0.2, 0.25) is 0 Å². The third-order valence-corrected chi connectivity index (χ3v) is 18.1. The van der Waals surface area contributed by atoms with E-state index in [4.69, 9.17) is 11.6 Å². The van der Waals surface area contributed by atoms with Crippen molar-refractivity contribution >= 4 is 32.9 Å². The van der Waals surface area contributed by atoms with Crippen molar-refractivity contribution in [1.29, 1.82) is 0 Å². The van der Waals surface area contributed by atoms with Gasteiger partial charge in [-0.1, -0.05) is 117 Å². The molecule has 3 heteroatoms. The zero-order valence-electron chi connectivity index (χ0n) is 17.0. The Labute approximate surface area is 168 Å². The van der Waals surface area contributed by atoms with Crippen LogP contribution >= 0.6 is 11.6 Å². The fourth-order valence-electron chi connectivity index (χ4n) is 4.66. The molecule has 0 bridgehead atoms. The van der Waals surface area contributed by atoms with E-state index in [0.29, 0.717) is 0 Å². The number of rotatable bonds is 10. The molecule has 0 aliphatic carbocycles. The zero-order valence-corrected chi connectivity index (χ0v) is 19.7. The van der Waals surface area contributed by atoms with E-state index in [1.807, 2.05) is 0 Å². The highest BCUT2D eigenvalue weighted by Crippen LogP contribution is 2.38. The van der Waals surface area contributed by atoms with Gasteiger partial charge < -0.3 is 0 Å². The summed E-state index contributed by atoms with van der Waals surface area (Å²) < 4.78 is 0. The van der Waals surface area contributed by atoms with Gasteiger partial charge in [0.15, 0.2) is 0 Å². The van der Waals surface area contributed by atoms with Gasteiger partial charge in [0.05, 0.1) is 16.1 Å². The van der Waals surface area contributed by atoms with Crippen LogP contribution in [-0.4, -0.2) is 22.0 Å². The van der Waals surface area contributed by atoms with Crippen LogP contribution in [0.3, 0.4) is 0 Å². The second-order valence-electron chi connectivity index (χ2n) is 8.83. The van der Waals surface area contributed by atoms with Gasteiger partial charge in [-0.3, -0.25) is 0 Å². The van der Waals surface area contributed by atoms with E-state index in [0.717, 1.165) is 17.5 Å². The molecule has 0 nitrogen and oxygen atoms in total. The molecule has 0 spiro atoms. The number of halogens is 1. The number of alkyl halides is 1. The van der Waals surface area contributed by atoms with Crippen LogP contribution in [0.15, 0.2) is 60.7 Å². The molecule has 0 aliphatic rings. The van der Waals surface area contributed by atoms with E-state index < -0.39 is 16.1 Å². The van der Waals surface area contributed by atoms with E-state index in [-0.39, 0.29) is 0 Å². The van der Waals surface area contributed by atoms with Gasteiger partial charge in [-0.05, 0) is 17.6 Å². The van der Waals surface area contributed by atoms with Gasteiger partial charge in [-0.25, -0.2) is 0 Å². The first-order chi connectivity index (χ1) is 12.4. The van der Waals surface area contributed by atoms with Crippen LogP contribution in [0.2, 0.25) is 31.4 Å². The fraction of sp³-hybridized carbons (Fsp3) is 0.478. The monoisotopic (exact) mass is 402 g/mol. The highest BCUT2D eigenvalue weighted by atomic mass is 35.5. The Morgan fingerprint density at radius 2 is 1.35 bits per heavy atom. The lowest BCUT2D eigenvalue weighted by Crippen LogP contribution is -2.56. The predicted molar refractivity (Wildman–Crippen MR) is 124 cm³/mol. The number of hydrogen-bond donors (Lipinski definition) is 0. The second kappa shape index (κ2) is 9.91. The molecule has 0 fully saturated rings. The first-order valence-electron chi connectivity index (χ1n) is 10.0. The summed E-state index contributed by atoms with van der Waals surface area (Å²) in [5.74, 6) is 0.801. The maximum Gasteiger partial charge on any atom is 0.0811 e. The van der Waals surface area contributed by atoms with Gasteiger partial charge in [-0.2, -0.15) is 0 Å². The van der Waals surface area contributed by atoms with Crippen molar-refractivity contribution in [2.75, 3.05) is 5.88 Å². The third-order valence-electron chi connectivity index (χ3n) is 5.96. The maximum atomic E-state index is 5.92. The molecule has 0 radical (unpaired) electrons. The highest BCUT2D eigenvalue weighted by molar-refractivity contribution is 7.03. The molecule has 1 atom stereocenters. The second-order valence-corrected chi connectivity index (χ2v) is 19.5. The normalized spacial score (nSPS) is 13.6. The molecule has 0 saturated heterocycles. The Morgan fingerprint density at radius 1 is 0.769 bits per heavy atom. The minimum absolute atomic E-state index is 0.801. The molecular weight excluding hydrogens is 368 g/mol. The molecular formula is C23H35ClSi2. The SMILES string of the molecule is C[Si](C)(Cc1ccccc1)[C@@H](CCCCCCl)[Si](C)(C)c1ccccc1. The van der Waals surface area contributed by atoms with Crippen molar-refractivity contribution in [2.45, 2.75) is 63.1 Å². The molecule has 2 aromatic carbocycles. The van der Waals surface area contributed by atoms with Crippen molar-refractivity contribution in [3.63, 3.8) is 0 Å². The lowest BCUT2D eigenvalue weighted by Gasteiger charge is -2.43. The van der Waals surface area contributed by atoms with Crippen LogP contribution < -0.4 is 5.19 Å². The van der Waals surface area contributed by atoms with Crippen LogP contribution in [0.4, 0.5) is 0 Å². The smallest absolute Gasteiger partial charge is 0.0811 e. The average molecular weight is 403 g/mol. The average Bonchev–Trinajstić information content (AvgIpc) is 2.62. The summed E-state index contributed by atoms with van der Waals surface area (Å²) in [5, 5.41) is 2.50. The first-order valence-corrected chi connectivity index (χ1v) is 16.9. The number of hydrogen-bond acceptors (Lipinski definition) is 0. The molecule has 0 heterocycles. The Morgan fingerprint density at radius 3 is 1.92 bits per heavy atom. The summed E-state index contributed by atoms with van der Waals surface area (Å²) in [5.41, 5.74) is 1.52. The topological polar surface area (TPSA) is 0 Å². The quantitative estimate of drug-likeness (QED) is 0.233. The van der Waals surface area contributed by atoms with E-state index >= 15 is 0 Å². The van der Waals surface area contributed by atoms with Crippen molar-refractivity contribution in [2.24, 2.45) is 0 Å². The van der Waals surface area contributed by atoms with Crippen molar-refractivity contribution in [3.8, 4) is 0 Å². The van der Waals surface area contributed by atoms with Crippen LogP contribution in [0.5, 0.6) is 0 Å². The molecule has 2 rings (SSSR count). The van der Waals surface area contributed by atoms with Gasteiger partial charge in [0, 0.05) is 5.88 Å². The minimum atomic E-state index is -1.53. The zero-order chi connectivity index (χ0) is 19.0. The van der Waals surface area contributed by atoms with Crippen LogP contribution in [0.25, 0.3) is 0 Å². The van der Waals surface area contributed by atoms with Gasteiger partial charge in [-0.15, -0.1) is 11.6 Å². The molecule has 0 N–H and O–H groups in total. The third kappa shape index (κ3) is 5.83. The summed E-state index contributed by atoms with van der Waals surface area (Å²) in [7, 11) is -2.95. The number of benzene rings is 2. The molecule has 0 unspecified atom stereocenters. The van der Waals surface area contributed by atoms with Crippen LogP contribution in [0, 0.1) is 0 Å². The van der Waals surface area contributed by atoms with Crippen LogP contribution in [-0.2, 0) is 6.04 Å². The Kier molecular flexibility index (Phi) is 8.18. The summed E-state index contributed by atoms with van der Waals surface area (Å²) in [4.78, 5) is 0. The summed E-state index contributed by atoms with van der Waals surface area (Å²) >= 11 is 5.92. The Hall–Kier alpha value is -0.836. The molecule has 0 saturated carbocycles. The molecule has 2 aromatic rings. The van der Waals surface area contributed by atoms with Gasteiger partial charge in [0.1, 0.15) is 0 Å². The minimum Gasteiger partial charge on any atom is -0.127 e. The highest BCUT2D eigenvalue weighted by Gasteiger charge is 2.43. The lowest BCUT2D eigenvalue weighted by atomic mass is 10.2. The number of unbranched alkanes of at least 4 members (excludes halogenated alkanes) is 2. The van der Waals surface area contributed by atoms with Crippen molar-refractivity contribution < 1.29 is 0 Å². The summed E-state index contributed by atoms with van der Waals surface area (Å²) in [6.45, 7) is 10.5. The van der Waals surface area contributed by atoms with Gasteiger partial charge in [0.25, 0.3) is 0 Å². The van der Waals surface area contributed by atoms with E-state index in [2.05, 4.69) is 86.9 Å². The standard InChI is InChI=1S/C23H35ClSi2/c1-25(2,20-21-14-8-5-9-15-21)23(18-12-7-13-19-24)26(3,4)22-16-10-6-11-17-22/h5-6,8-11,14-17,23H,7,12-13,18-20H2,1-4H3/t23-/m1/s1. The summed E-state index contributed by atoms with van der Waals surface area (Å²) in [6.07, 6.45) is 5.13. The molecule has 26 heavy (non-hydrogen) atoms. The fourth-order valence-corrected chi connectivity index (χ4v) is 18.4.